The minimum Gasteiger partial charge on any atom is -0.377 e. The Morgan fingerprint density at radius 3 is 2.83 bits per heavy atom. The van der Waals surface area contributed by atoms with E-state index in [1.54, 1.807) is 7.05 Å². The Morgan fingerprint density at radius 1 is 1.39 bits per heavy atom. The van der Waals surface area contributed by atoms with Gasteiger partial charge in [-0.25, -0.2) is 0 Å². The molecule has 2 aliphatic rings. The van der Waals surface area contributed by atoms with Crippen LogP contribution in [0.2, 0.25) is 5.02 Å². The molecule has 3 unspecified atom stereocenters. The molecule has 2 N–H and O–H groups in total. The van der Waals surface area contributed by atoms with Crippen LogP contribution in [-0.4, -0.2) is 31.8 Å². The lowest BCUT2D eigenvalue weighted by Crippen LogP contribution is -2.67. The second kappa shape index (κ2) is 7.57. The molecule has 1 aliphatic carbocycles. The zero-order valence-corrected chi connectivity index (χ0v) is 16.9. The van der Waals surface area contributed by atoms with Gasteiger partial charge < -0.3 is 15.4 Å². The molecule has 1 saturated carbocycles. The Morgan fingerprint density at radius 2 is 2.13 bits per heavy atom. The maximum absolute atomic E-state index is 6.20. The van der Waals surface area contributed by atoms with Crippen LogP contribution in [0.4, 0.5) is 0 Å². The molecule has 0 aromatic heterocycles. The Bertz CT molecular complexity index is 579. The fourth-order valence-corrected chi connectivity index (χ4v) is 3.98. The topological polar surface area (TPSA) is 45.7 Å². The van der Waals surface area contributed by atoms with Crippen molar-refractivity contribution in [3.05, 3.63) is 34.9 Å². The lowest BCUT2D eigenvalue weighted by Gasteiger charge is -2.54. The van der Waals surface area contributed by atoms with Gasteiger partial charge in [-0.15, -0.1) is 24.0 Å². The summed E-state index contributed by atoms with van der Waals surface area (Å²) < 4.78 is 5.84. The number of hydrogen-bond donors (Lipinski definition) is 2. The van der Waals surface area contributed by atoms with Crippen molar-refractivity contribution in [1.82, 2.24) is 10.6 Å². The standard InChI is InChI=1S/C17H24ClN3O.HI/c1-17(2)14(12-8-9-22-15(12)17)21-16(19-3)20-10-11-6-4-5-7-13(11)18;/h4-7,12,14-15H,8-10H2,1-3H3,(H2,19,20,21);1H. The van der Waals surface area contributed by atoms with Crippen molar-refractivity contribution < 1.29 is 4.74 Å². The average Bonchev–Trinajstić information content (AvgIpc) is 2.96. The molecule has 0 bridgehead atoms. The summed E-state index contributed by atoms with van der Waals surface area (Å²) in [5.41, 5.74) is 1.21. The van der Waals surface area contributed by atoms with Crippen LogP contribution in [-0.2, 0) is 11.3 Å². The second-order valence-electron chi connectivity index (χ2n) is 6.70. The third-order valence-corrected chi connectivity index (χ3v) is 5.39. The molecule has 6 heteroatoms. The fourth-order valence-electron chi connectivity index (χ4n) is 3.78. The number of nitrogens with one attached hydrogen (secondary N) is 2. The predicted octanol–water partition coefficient (Wildman–Crippen LogP) is 3.44. The van der Waals surface area contributed by atoms with Crippen LogP contribution in [0.15, 0.2) is 29.3 Å². The van der Waals surface area contributed by atoms with E-state index < -0.39 is 0 Å². The Balaban J connectivity index is 0.00000192. The molecule has 0 amide bonds. The molecular formula is C17H25ClIN3O. The van der Waals surface area contributed by atoms with Gasteiger partial charge in [0, 0.05) is 42.6 Å². The summed E-state index contributed by atoms with van der Waals surface area (Å²) in [6, 6.07) is 8.27. The SMILES string of the molecule is CN=C(NCc1ccccc1Cl)NC1C2CCOC2C1(C)C.I. The van der Waals surface area contributed by atoms with E-state index >= 15 is 0 Å². The van der Waals surface area contributed by atoms with Crippen molar-refractivity contribution in [3.63, 3.8) is 0 Å². The van der Waals surface area contributed by atoms with Gasteiger partial charge in [0.1, 0.15) is 0 Å². The van der Waals surface area contributed by atoms with Gasteiger partial charge in [0.25, 0.3) is 0 Å². The van der Waals surface area contributed by atoms with E-state index in [0.29, 0.717) is 24.6 Å². The van der Waals surface area contributed by atoms with Crippen molar-refractivity contribution >= 4 is 41.5 Å². The van der Waals surface area contributed by atoms with Gasteiger partial charge >= 0.3 is 0 Å². The molecule has 1 aliphatic heterocycles. The maximum Gasteiger partial charge on any atom is 0.191 e. The molecule has 23 heavy (non-hydrogen) atoms. The highest BCUT2D eigenvalue weighted by molar-refractivity contribution is 14.0. The van der Waals surface area contributed by atoms with Gasteiger partial charge in [-0.3, -0.25) is 4.99 Å². The van der Waals surface area contributed by atoms with E-state index in [0.717, 1.165) is 29.6 Å². The van der Waals surface area contributed by atoms with E-state index in [9.17, 15) is 0 Å². The van der Waals surface area contributed by atoms with Crippen LogP contribution < -0.4 is 10.6 Å². The predicted molar refractivity (Wildman–Crippen MR) is 106 cm³/mol. The quantitative estimate of drug-likeness (QED) is 0.422. The largest absolute Gasteiger partial charge is 0.377 e. The first-order chi connectivity index (χ1) is 10.5. The van der Waals surface area contributed by atoms with Gasteiger partial charge in [0.2, 0.25) is 0 Å². The minimum absolute atomic E-state index is 0. The van der Waals surface area contributed by atoms with E-state index in [2.05, 4.69) is 29.5 Å². The molecule has 3 rings (SSSR count). The van der Waals surface area contributed by atoms with Crippen LogP contribution in [0.25, 0.3) is 0 Å². The summed E-state index contributed by atoms with van der Waals surface area (Å²) in [7, 11) is 1.80. The third kappa shape index (κ3) is 3.61. The highest BCUT2D eigenvalue weighted by Crippen LogP contribution is 2.52. The zero-order chi connectivity index (χ0) is 15.7. The van der Waals surface area contributed by atoms with E-state index in [1.807, 2.05) is 24.3 Å². The van der Waals surface area contributed by atoms with Crippen LogP contribution in [0.1, 0.15) is 25.8 Å². The molecule has 2 fully saturated rings. The summed E-state index contributed by atoms with van der Waals surface area (Å²) in [5.74, 6) is 1.41. The van der Waals surface area contributed by atoms with Gasteiger partial charge in [0.15, 0.2) is 5.96 Å². The Kier molecular flexibility index (Phi) is 6.19. The normalized spacial score (nSPS) is 28.3. The number of ether oxygens (including phenoxy) is 1. The van der Waals surface area contributed by atoms with E-state index in [4.69, 9.17) is 16.3 Å². The number of guanidine groups is 1. The first-order valence-corrected chi connectivity index (χ1v) is 8.24. The van der Waals surface area contributed by atoms with Crippen LogP contribution >= 0.6 is 35.6 Å². The Hall–Kier alpha value is -0.530. The highest BCUT2D eigenvalue weighted by Gasteiger charge is 2.59. The van der Waals surface area contributed by atoms with E-state index in [1.165, 1.54) is 0 Å². The number of fused-ring (bicyclic) bond motifs is 1. The van der Waals surface area contributed by atoms with E-state index in [-0.39, 0.29) is 29.4 Å². The minimum atomic E-state index is 0. The van der Waals surface area contributed by atoms with Crippen molar-refractivity contribution in [1.29, 1.82) is 0 Å². The summed E-state index contributed by atoms with van der Waals surface area (Å²) in [4.78, 5) is 4.34. The van der Waals surface area contributed by atoms with Crippen molar-refractivity contribution in [2.24, 2.45) is 16.3 Å². The smallest absolute Gasteiger partial charge is 0.191 e. The molecule has 1 heterocycles. The van der Waals surface area contributed by atoms with Gasteiger partial charge in [-0.2, -0.15) is 0 Å². The van der Waals surface area contributed by atoms with Gasteiger partial charge in [-0.1, -0.05) is 43.6 Å². The van der Waals surface area contributed by atoms with Crippen LogP contribution in [0.5, 0.6) is 0 Å². The molecule has 0 radical (unpaired) electrons. The number of halogens is 2. The third-order valence-electron chi connectivity index (χ3n) is 5.02. The monoisotopic (exact) mass is 449 g/mol. The van der Waals surface area contributed by atoms with Crippen molar-refractivity contribution in [2.45, 2.75) is 39.0 Å². The number of benzene rings is 1. The summed E-state index contributed by atoms with van der Waals surface area (Å²) in [6.45, 7) is 6.07. The molecule has 0 spiro atoms. The fraction of sp³-hybridized carbons (Fsp3) is 0.588. The summed E-state index contributed by atoms with van der Waals surface area (Å²) in [5, 5.41) is 7.70. The zero-order valence-electron chi connectivity index (χ0n) is 13.8. The molecule has 128 valence electrons. The molecule has 1 saturated heterocycles. The molecule has 1 aromatic rings. The molecular weight excluding hydrogens is 425 g/mol. The number of hydrogen-bond acceptors (Lipinski definition) is 2. The molecule has 1 aromatic carbocycles. The second-order valence-corrected chi connectivity index (χ2v) is 7.11. The Labute approximate surface area is 160 Å². The highest BCUT2D eigenvalue weighted by atomic mass is 127. The number of nitrogens with zero attached hydrogens (tertiary/aromatic N) is 1. The van der Waals surface area contributed by atoms with Crippen LogP contribution in [0, 0.1) is 11.3 Å². The first-order valence-electron chi connectivity index (χ1n) is 7.86. The van der Waals surface area contributed by atoms with Gasteiger partial charge in [-0.05, 0) is 18.1 Å². The van der Waals surface area contributed by atoms with Crippen molar-refractivity contribution in [2.75, 3.05) is 13.7 Å². The maximum atomic E-state index is 6.20. The lowest BCUT2D eigenvalue weighted by atomic mass is 9.57. The van der Waals surface area contributed by atoms with Crippen molar-refractivity contribution in [3.8, 4) is 0 Å². The lowest BCUT2D eigenvalue weighted by molar-refractivity contribution is -0.106. The number of rotatable bonds is 3. The number of aliphatic imine (C=N–C) groups is 1. The first kappa shape index (κ1) is 18.8. The average molecular weight is 450 g/mol. The molecule has 3 atom stereocenters. The summed E-state index contributed by atoms with van der Waals surface area (Å²) >= 11 is 6.20. The van der Waals surface area contributed by atoms with Crippen LogP contribution in [0.3, 0.4) is 0 Å². The van der Waals surface area contributed by atoms with Gasteiger partial charge in [0.05, 0.1) is 6.10 Å². The summed E-state index contributed by atoms with van der Waals surface area (Å²) in [6.07, 6.45) is 1.51. The molecule has 4 nitrogen and oxygen atoms in total.